The molecule has 4 heteroatoms. The number of rotatable bonds is 4. The molecule has 1 heterocycles. The first-order valence-electron chi connectivity index (χ1n) is 7.04. The van der Waals surface area contributed by atoms with Gasteiger partial charge in [0.15, 0.2) is 0 Å². The lowest BCUT2D eigenvalue weighted by atomic mass is 9.96. The Hall–Kier alpha value is -1.84. The van der Waals surface area contributed by atoms with Crippen LogP contribution in [0.15, 0.2) is 30.3 Å². The lowest BCUT2D eigenvalue weighted by Crippen LogP contribution is -2.42. The Bertz CT molecular complexity index is 484. The zero-order valence-corrected chi connectivity index (χ0v) is 12.2. The molecule has 0 bridgehead atoms. The molecule has 1 aliphatic heterocycles. The Morgan fingerprint density at radius 3 is 2.55 bits per heavy atom. The van der Waals surface area contributed by atoms with Crippen LogP contribution in [0.3, 0.4) is 0 Å². The van der Waals surface area contributed by atoms with Crippen molar-refractivity contribution in [2.24, 2.45) is 5.92 Å². The zero-order chi connectivity index (χ0) is 14.7. The molecule has 0 spiro atoms. The largest absolute Gasteiger partial charge is 0.447 e. The summed E-state index contributed by atoms with van der Waals surface area (Å²) in [5, 5.41) is 0. The number of benzene rings is 1. The van der Waals surface area contributed by atoms with E-state index >= 15 is 0 Å². The van der Waals surface area contributed by atoms with Gasteiger partial charge in [-0.05, 0) is 17.4 Å². The van der Waals surface area contributed by atoms with Crippen molar-refractivity contribution in [1.82, 2.24) is 4.90 Å². The van der Waals surface area contributed by atoms with Crippen molar-refractivity contribution in [3.05, 3.63) is 35.9 Å². The van der Waals surface area contributed by atoms with Gasteiger partial charge < -0.3 is 4.74 Å². The number of cyclic esters (lactones) is 1. The Morgan fingerprint density at radius 2 is 1.95 bits per heavy atom. The molecule has 1 fully saturated rings. The average Bonchev–Trinajstić information content (AvgIpc) is 2.81. The second-order valence-electron chi connectivity index (χ2n) is 5.67. The molecule has 0 N–H and O–H groups in total. The molecule has 20 heavy (non-hydrogen) atoms. The third-order valence-corrected chi connectivity index (χ3v) is 3.79. The summed E-state index contributed by atoms with van der Waals surface area (Å²) in [4.78, 5) is 25.4. The van der Waals surface area contributed by atoms with Gasteiger partial charge in [-0.3, -0.25) is 4.79 Å². The predicted octanol–water partition coefficient (Wildman–Crippen LogP) is 3.18. The van der Waals surface area contributed by atoms with Gasteiger partial charge in [0.25, 0.3) is 0 Å². The van der Waals surface area contributed by atoms with E-state index in [2.05, 4.69) is 0 Å². The molecule has 1 aromatic rings. The molecular weight excluding hydrogens is 254 g/mol. The average molecular weight is 275 g/mol. The van der Waals surface area contributed by atoms with Crippen molar-refractivity contribution in [2.45, 2.75) is 39.2 Å². The monoisotopic (exact) mass is 275 g/mol. The lowest BCUT2D eigenvalue weighted by molar-refractivity contribution is -0.130. The molecule has 2 rings (SSSR count). The molecule has 0 aromatic heterocycles. The molecule has 0 saturated carbocycles. The number of carbonyl (C=O) groups excluding carboxylic acids is 2. The highest BCUT2D eigenvalue weighted by molar-refractivity contribution is 5.93. The molecule has 108 valence electrons. The maximum atomic E-state index is 12.4. The van der Waals surface area contributed by atoms with Crippen molar-refractivity contribution in [2.75, 3.05) is 6.61 Å². The van der Waals surface area contributed by atoms with Crippen LogP contribution < -0.4 is 0 Å². The van der Waals surface area contributed by atoms with Crippen molar-refractivity contribution < 1.29 is 14.3 Å². The smallest absolute Gasteiger partial charge is 0.416 e. The van der Waals surface area contributed by atoms with Crippen LogP contribution in [0.5, 0.6) is 0 Å². The minimum Gasteiger partial charge on any atom is -0.447 e. The van der Waals surface area contributed by atoms with E-state index in [0.29, 0.717) is 13.0 Å². The van der Waals surface area contributed by atoms with Crippen LogP contribution >= 0.6 is 0 Å². The van der Waals surface area contributed by atoms with Gasteiger partial charge in [-0.25, -0.2) is 9.69 Å². The van der Waals surface area contributed by atoms with Gasteiger partial charge >= 0.3 is 6.09 Å². The van der Waals surface area contributed by atoms with Gasteiger partial charge in [0.2, 0.25) is 5.91 Å². The van der Waals surface area contributed by atoms with E-state index in [1.807, 2.05) is 51.1 Å². The SMILES string of the molecule is CC(C)[C@@H]1COC(=O)N1C(=O)C[C@@H](C)c1ccccc1. The van der Waals surface area contributed by atoms with Crippen LogP contribution in [0.4, 0.5) is 4.79 Å². The fourth-order valence-electron chi connectivity index (χ4n) is 2.47. The maximum absolute atomic E-state index is 12.4. The Morgan fingerprint density at radius 1 is 1.30 bits per heavy atom. The fourth-order valence-corrected chi connectivity index (χ4v) is 2.47. The fraction of sp³-hybridized carbons (Fsp3) is 0.500. The summed E-state index contributed by atoms with van der Waals surface area (Å²) in [6, 6.07) is 9.72. The van der Waals surface area contributed by atoms with E-state index in [4.69, 9.17) is 4.74 Å². The van der Waals surface area contributed by atoms with Gasteiger partial charge in [-0.15, -0.1) is 0 Å². The van der Waals surface area contributed by atoms with E-state index in [1.165, 1.54) is 4.90 Å². The maximum Gasteiger partial charge on any atom is 0.416 e. The molecule has 1 saturated heterocycles. The first kappa shape index (κ1) is 14.6. The molecule has 4 nitrogen and oxygen atoms in total. The molecule has 0 radical (unpaired) electrons. The highest BCUT2D eigenvalue weighted by Gasteiger charge is 2.39. The van der Waals surface area contributed by atoms with E-state index < -0.39 is 6.09 Å². The standard InChI is InChI=1S/C16H21NO3/c1-11(2)14-10-20-16(19)17(14)15(18)9-12(3)13-7-5-4-6-8-13/h4-8,11-12,14H,9-10H2,1-3H3/t12-,14+/m1/s1. The van der Waals surface area contributed by atoms with Crippen LogP contribution in [0.2, 0.25) is 0 Å². The van der Waals surface area contributed by atoms with E-state index in [1.54, 1.807) is 0 Å². The van der Waals surface area contributed by atoms with E-state index in [9.17, 15) is 9.59 Å². The summed E-state index contributed by atoms with van der Waals surface area (Å²) in [7, 11) is 0. The van der Waals surface area contributed by atoms with Gasteiger partial charge in [0, 0.05) is 6.42 Å². The molecule has 2 atom stereocenters. The summed E-state index contributed by atoms with van der Waals surface area (Å²) in [5.41, 5.74) is 1.11. The number of hydrogen-bond acceptors (Lipinski definition) is 3. The third-order valence-electron chi connectivity index (χ3n) is 3.79. The second kappa shape index (κ2) is 6.07. The summed E-state index contributed by atoms with van der Waals surface area (Å²) < 4.78 is 5.01. The number of ether oxygens (including phenoxy) is 1. The minimum absolute atomic E-state index is 0.0879. The first-order chi connectivity index (χ1) is 9.50. The molecule has 0 unspecified atom stereocenters. The molecule has 1 aromatic carbocycles. The van der Waals surface area contributed by atoms with Crippen LogP contribution in [0, 0.1) is 5.92 Å². The summed E-state index contributed by atoms with van der Waals surface area (Å²) in [6.07, 6.45) is -0.184. The Balaban J connectivity index is 2.06. The Labute approximate surface area is 119 Å². The number of nitrogens with zero attached hydrogens (tertiary/aromatic N) is 1. The van der Waals surface area contributed by atoms with Gasteiger partial charge in [-0.2, -0.15) is 0 Å². The predicted molar refractivity (Wildman–Crippen MR) is 76.3 cm³/mol. The molecule has 1 aliphatic rings. The van der Waals surface area contributed by atoms with E-state index in [-0.39, 0.29) is 23.8 Å². The quantitative estimate of drug-likeness (QED) is 0.847. The Kier molecular flexibility index (Phi) is 4.42. The molecular formula is C16H21NO3. The normalized spacial score (nSPS) is 20.1. The number of imide groups is 1. The van der Waals surface area contributed by atoms with Gasteiger partial charge in [0.1, 0.15) is 6.61 Å². The van der Waals surface area contributed by atoms with E-state index in [0.717, 1.165) is 5.56 Å². The van der Waals surface area contributed by atoms with Gasteiger partial charge in [0.05, 0.1) is 6.04 Å². The highest BCUT2D eigenvalue weighted by Crippen LogP contribution is 2.25. The number of amides is 2. The first-order valence-corrected chi connectivity index (χ1v) is 7.04. The van der Waals surface area contributed by atoms with Crippen molar-refractivity contribution in [3.63, 3.8) is 0 Å². The topological polar surface area (TPSA) is 46.6 Å². The summed E-state index contributed by atoms with van der Waals surface area (Å²) in [5.74, 6) is 0.143. The summed E-state index contributed by atoms with van der Waals surface area (Å²) >= 11 is 0. The lowest BCUT2D eigenvalue weighted by Gasteiger charge is -2.23. The number of carbonyl (C=O) groups is 2. The minimum atomic E-state index is -0.506. The second-order valence-corrected chi connectivity index (χ2v) is 5.67. The number of hydrogen-bond donors (Lipinski definition) is 0. The van der Waals surface area contributed by atoms with Crippen LogP contribution in [-0.4, -0.2) is 29.5 Å². The molecule has 2 amide bonds. The third kappa shape index (κ3) is 3.00. The van der Waals surface area contributed by atoms with Crippen LogP contribution in [0.1, 0.15) is 38.7 Å². The molecule has 0 aliphatic carbocycles. The highest BCUT2D eigenvalue weighted by atomic mass is 16.6. The summed E-state index contributed by atoms with van der Waals surface area (Å²) in [6.45, 7) is 6.29. The van der Waals surface area contributed by atoms with Gasteiger partial charge in [-0.1, -0.05) is 51.1 Å². The van der Waals surface area contributed by atoms with Crippen LogP contribution in [0.25, 0.3) is 0 Å². The van der Waals surface area contributed by atoms with Crippen molar-refractivity contribution in [3.8, 4) is 0 Å². The zero-order valence-electron chi connectivity index (χ0n) is 12.2. The van der Waals surface area contributed by atoms with Crippen LogP contribution in [-0.2, 0) is 9.53 Å². The van der Waals surface area contributed by atoms with Crippen molar-refractivity contribution in [1.29, 1.82) is 0 Å². The van der Waals surface area contributed by atoms with Crippen molar-refractivity contribution >= 4 is 12.0 Å².